The minimum atomic E-state index is -0.434. The Bertz CT molecular complexity index is 530. The molecular formula is C16H20BrNO3. The summed E-state index contributed by atoms with van der Waals surface area (Å²) in [7, 11) is 1.60. The minimum Gasteiger partial charge on any atom is -0.496 e. The first kappa shape index (κ1) is 16.0. The van der Waals surface area contributed by atoms with E-state index in [2.05, 4.69) is 21.2 Å². The molecule has 1 aliphatic carbocycles. The van der Waals surface area contributed by atoms with Gasteiger partial charge in [0.1, 0.15) is 5.75 Å². The molecule has 21 heavy (non-hydrogen) atoms. The zero-order valence-electron chi connectivity index (χ0n) is 12.0. The molecule has 0 aromatic heterocycles. The van der Waals surface area contributed by atoms with Crippen LogP contribution < -0.4 is 10.1 Å². The van der Waals surface area contributed by atoms with Gasteiger partial charge in [0.25, 0.3) is 0 Å². The molecule has 1 aromatic rings. The first-order valence-corrected chi connectivity index (χ1v) is 7.89. The maximum absolute atomic E-state index is 12.0. The van der Waals surface area contributed by atoms with Gasteiger partial charge < -0.3 is 15.2 Å². The Balaban J connectivity index is 2.00. The Labute approximate surface area is 133 Å². The molecular weight excluding hydrogens is 334 g/mol. The van der Waals surface area contributed by atoms with Crippen molar-refractivity contribution < 1.29 is 14.6 Å². The molecule has 1 aromatic carbocycles. The molecule has 2 atom stereocenters. The second-order valence-electron chi connectivity index (χ2n) is 5.19. The molecule has 1 saturated carbocycles. The number of hydrogen-bond donors (Lipinski definition) is 2. The van der Waals surface area contributed by atoms with Crippen LogP contribution >= 0.6 is 15.9 Å². The summed E-state index contributed by atoms with van der Waals surface area (Å²) in [4.78, 5) is 12.0. The van der Waals surface area contributed by atoms with E-state index in [0.717, 1.165) is 35.7 Å². The number of carbonyl (C=O) groups excluding carboxylic acids is 1. The van der Waals surface area contributed by atoms with Crippen molar-refractivity contribution in [2.75, 3.05) is 7.11 Å². The first-order valence-electron chi connectivity index (χ1n) is 7.10. The Morgan fingerprint density at radius 3 is 2.90 bits per heavy atom. The largest absolute Gasteiger partial charge is 0.496 e. The molecule has 0 bridgehead atoms. The predicted octanol–water partition coefficient (Wildman–Crippen LogP) is 2.89. The Hall–Kier alpha value is -1.33. The van der Waals surface area contributed by atoms with Gasteiger partial charge in [-0.15, -0.1) is 0 Å². The highest BCUT2D eigenvalue weighted by atomic mass is 79.9. The lowest BCUT2D eigenvalue weighted by Gasteiger charge is -2.27. The molecule has 114 valence electrons. The molecule has 0 radical (unpaired) electrons. The van der Waals surface area contributed by atoms with Crippen LogP contribution in [0.2, 0.25) is 0 Å². The summed E-state index contributed by atoms with van der Waals surface area (Å²) in [5.41, 5.74) is 0.825. The third-order valence-electron chi connectivity index (χ3n) is 3.66. The number of methoxy groups -OCH3 is 1. The fourth-order valence-corrected chi connectivity index (χ4v) is 2.89. The summed E-state index contributed by atoms with van der Waals surface area (Å²) in [6, 6.07) is 5.47. The van der Waals surface area contributed by atoms with E-state index < -0.39 is 6.10 Å². The Kier molecular flexibility index (Phi) is 5.82. The molecule has 0 unspecified atom stereocenters. The molecule has 2 N–H and O–H groups in total. The van der Waals surface area contributed by atoms with Gasteiger partial charge in [-0.2, -0.15) is 0 Å². The summed E-state index contributed by atoms with van der Waals surface area (Å²) in [5, 5.41) is 12.7. The quantitative estimate of drug-likeness (QED) is 0.818. The number of aliphatic hydroxyl groups is 1. The Morgan fingerprint density at radius 1 is 1.43 bits per heavy atom. The lowest BCUT2D eigenvalue weighted by atomic mass is 9.92. The van der Waals surface area contributed by atoms with Crippen molar-refractivity contribution in [1.29, 1.82) is 0 Å². The van der Waals surface area contributed by atoms with E-state index in [1.54, 1.807) is 13.2 Å². The van der Waals surface area contributed by atoms with Crippen LogP contribution in [0.5, 0.6) is 5.75 Å². The van der Waals surface area contributed by atoms with E-state index in [9.17, 15) is 9.90 Å². The van der Waals surface area contributed by atoms with Gasteiger partial charge in [0, 0.05) is 16.1 Å². The van der Waals surface area contributed by atoms with Gasteiger partial charge in [-0.05, 0) is 37.1 Å². The topological polar surface area (TPSA) is 58.6 Å². The second kappa shape index (κ2) is 7.61. The van der Waals surface area contributed by atoms with Crippen molar-refractivity contribution in [1.82, 2.24) is 5.32 Å². The van der Waals surface area contributed by atoms with E-state index >= 15 is 0 Å². The van der Waals surface area contributed by atoms with Gasteiger partial charge in [0.2, 0.25) is 5.91 Å². The van der Waals surface area contributed by atoms with Crippen LogP contribution in [-0.2, 0) is 4.79 Å². The van der Waals surface area contributed by atoms with E-state index in [0.29, 0.717) is 5.75 Å². The molecule has 4 nitrogen and oxygen atoms in total. The van der Waals surface area contributed by atoms with Gasteiger partial charge in [-0.25, -0.2) is 0 Å². The van der Waals surface area contributed by atoms with Crippen molar-refractivity contribution in [2.45, 2.75) is 37.8 Å². The maximum atomic E-state index is 12.0. The molecule has 0 aliphatic heterocycles. The summed E-state index contributed by atoms with van der Waals surface area (Å²) >= 11 is 3.40. The third kappa shape index (κ3) is 4.58. The smallest absolute Gasteiger partial charge is 0.244 e. The maximum Gasteiger partial charge on any atom is 0.244 e. The summed E-state index contributed by atoms with van der Waals surface area (Å²) in [6.45, 7) is 0. The molecule has 0 heterocycles. The minimum absolute atomic E-state index is 0.139. The molecule has 5 heteroatoms. The molecule has 1 fully saturated rings. The van der Waals surface area contributed by atoms with Gasteiger partial charge >= 0.3 is 0 Å². The number of rotatable bonds is 4. The van der Waals surface area contributed by atoms with Crippen molar-refractivity contribution >= 4 is 27.9 Å². The number of nitrogens with one attached hydrogen (secondary N) is 1. The SMILES string of the molecule is COc1ccc(Br)cc1/C=C/C(=O)N[C@@H]1CCCC[C@H]1O. The zero-order valence-corrected chi connectivity index (χ0v) is 13.6. The molecule has 2 rings (SSSR count). The highest BCUT2D eigenvalue weighted by Gasteiger charge is 2.23. The van der Waals surface area contributed by atoms with Crippen molar-refractivity contribution in [3.63, 3.8) is 0 Å². The molecule has 1 aliphatic rings. The predicted molar refractivity (Wildman–Crippen MR) is 86.1 cm³/mol. The number of halogens is 1. The van der Waals surface area contributed by atoms with E-state index in [4.69, 9.17) is 4.74 Å². The van der Waals surface area contributed by atoms with Crippen LogP contribution in [0.1, 0.15) is 31.2 Å². The average Bonchev–Trinajstić information content (AvgIpc) is 2.48. The first-order chi connectivity index (χ1) is 10.1. The third-order valence-corrected chi connectivity index (χ3v) is 4.16. The molecule has 0 saturated heterocycles. The number of ether oxygens (including phenoxy) is 1. The fourth-order valence-electron chi connectivity index (χ4n) is 2.51. The summed E-state index contributed by atoms with van der Waals surface area (Å²) in [6.07, 6.45) is 6.43. The number of amides is 1. The van der Waals surface area contributed by atoms with E-state index in [1.807, 2.05) is 18.2 Å². The average molecular weight is 354 g/mol. The summed E-state index contributed by atoms with van der Waals surface area (Å²) in [5.74, 6) is 0.517. The monoisotopic (exact) mass is 353 g/mol. The van der Waals surface area contributed by atoms with Crippen molar-refractivity contribution in [3.05, 3.63) is 34.3 Å². The normalized spacial score (nSPS) is 22.2. The Morgan fingerprint density at radius 2 is 2.19 bits per heavy atom. The van der Waals surface area contributed by atoms with Crippen LogP contribution in [0.3, 0.4) is 0 Å². The standard InChI is InChI=1S/C16H20BrNO3/c1-21-15-8-7-12(17)10-11(15)6-9-16(20)18-13-4-2-3-5-14(13)19/h6-10,13-14,19H,2-5H2,1H3,(H,18,20)/b9-6+/t13-,14-/m1/s1. The van der Waals surface area contributed by atoms with Crippen LogP contribution in [0.15, 0.2) is 28.7 Å². The lowest BCUT2D eigenvalue weighted by Crippen LogP contribution is -2.44. The number of benzene rings is 1. The van der Waals surface area contributed by atoms with Gasteiger partial charge in [-0.1, -0.05) is 28.8 Å². The van der Waals surface area contributed by atoms with Crippen LogP contribution in [0, 0.1) is 0 Å². The summed E-state index contributed by atoms with van der Waals surface area (Å²) < 4.78 is 6.18. The number of carbonyl (C=O) groups is 1. The zero-order chi connectivity index (χ0) is 15.2. The second-order valence-corrected chi connectivity index (χ2v) is 6.10. The molecule has 0 spiro atoms. The van der Waals surface area contributed by atoms with Crippen LogP contribution in [-0.4, -0.2) is 30.3 Å². The van der Waals surface area contributed by atoms with Gasteiger partial charge in [-0.3, -0.25) is 4.79 Å². The van der Waals surface area contributed by atoms with Crippen LogP contribution in [0.25, 0.3) is 6.08 Å². The number of hydrogen-bond acceptors (Lipinski definition) is 3. The van der Waals surface area contributed by atoms with E-state index in [-0.39, 0.29) is 11.9 Å². The lowest BCUT2D eigenvalue weighted by molar-refractivity contribution is -0.118. The molecule has 1 amide bonds. The van der Waals surface area contributed by atoms with E-state index in [1.165, 1.54) is 6.08 Å². The fraction of sp³-hybridized carbons (Fsp3) is 0.438. The van der Waals surface area contributed by atoms with Gasteiger partial charge in [0.05, 0.1) is 19.3 Å². The van der Waals surface area contributed by atoms with Gasteiger partial charge in [0.15, 0.2) is 0 Å². The highest BCUT2D eigenvalue weighted by molar-refractivity contribution is 9.10. The van der Waals surface area contributed by atoms with Crippen molar-refractivity contribution in [2.24, 2.45) is 0 Å². The van der Waals surface area contributed by atoms with Crippen LogP contribution in [0.4, 0.5) is 0 Å². The number of aliphatic hydroxyl groups excluding tert-OH is 1. The highest BCUT2D eigenvalue weighted by Crippen LogP contribution is 2.24. The van der Waals surface area contributed by atoms with Crippen molar-refractivity contribution in [3.8, 4) is 5.75 Å².